The number of benzene rings is 1. The van der Waals surface area contributed by atoms with Crippen molar-refractivity contribution >= 4 is 11.6 Å². The Morgan fingerprint density at radius 2 is 1.91 bits per heavy atom. The summed E-state index contributed by atoms with van der Waals surface area (Å²) in [5.74, 6) is 0.309. The molecular formula is C18H26N2O2. The molecule has 1 N–H and O–H groups in total. The number of likely N-dealkylation sites (tertiary alicyclic amines) is 1. The van der Waals surface area contributed by atoms with E-state index >= 15 is 0 Å². The molecule has 4 nitrogen and oxygen atoms in total. The number of nitrogens with zero attached hydrogens (tertiary/aromatic N) is 1. The fraction of sp³-hybridized carbons (Fsp3) is 0.611. The highest BCUT2D eigenvalue weighted by Gasteiger charge is 2.27. The number of hydrogen-bond acceptors (Lipinski definition) is 3. The Morgan fingerprint density at radius 3 is 2.59 bits per heavy atom. The minimum absolute atomic E-state index is 0.142. The van der Waals surface area contributed by atoms with E-state index in [1.165, 1.54) is 19.3 Å². The summed E-state index contributed by atoms with van der Waals surface area (Å²) in [4.78, 5) is 14.8. The summed E-state index contributed by atoms with van der Waals surface area (Å²) in [7, 11) is 0. The van der Waals surface area contributed by atoms with E-state index in [0.29, 0.717) is 6.10 Å². The summed E-state index contributed by atoms with van der Waals surface area (Å²) in [6, 6.07) is 9.73. The van der Waals surface area contributed by atoms with E-state index in [9.17, 15) is 4.79 Å². The third-order valence-corrected chi connectivity index (χ3v) is 4.74. The van der Waals surface area contributed by atoms with Crippen LogP contribution in [0.15, 0.2) is 30.3 Å². The van der Waals surface area contributed by atoms with Gasteiger partial charge < -0.3 is 15.0 Å². The van der Waals surface area contributed by atoms with Crippen molar-refractivity contribution in [3.05, 3.63) is 30.3 Å². The van der Waals surface area contributed by atoms with Crippen LogP contribution in [0.1, 0.15) is 32.1 Å². The molecule has 1 atom stereocenters. The van der Waals surface area contributed by atoms with Gasteiger partial charge in [-0.15, -0.1) is 0 Å². The molecule has 0 saturated carbocycles. The maximum atomic E-state index is 12.3. The second-order valence-corrected chi connectivity index (χ2v) is 6.42. The first kappa shape index (κ1) is 15.5. The smallest absolute Gasteiger partial charge is 0.227 e. The van der Waals surface area contributed by atoms with Crippen molar-refractivity contribution < 1.29 is 9.53 Å². The minimum atomic E-state index is 0.142. The van der Waals surface area contributed by atoms with Gasteiger partial charge in [0, 0.05) is 24.8 Å². The van der Waals surface area contributed by atoms with Gasteiger partial charge in [0.05, 0.1) is 6.10 Å². The number of para-hydroxylation sites is 1. The van der Waals surface area contributed by atoms with Crippen LogP contribution in [-0.4, -0.2) is 43.2 Å². The van der Waals surface area contributed by atoms with E-state index in [2.05, 4.69) is 10.2 Å². The zero-order chi connectivity index (χ0) is 15.2. The molecular weight excluding hydrogens is 276 g/mol. The average Bonchev–Trinajstić information content (AvgIpc) is 2.57. The summed E-state index contributed by atoms with van der Waals surface area (Å²) in [5.41, 5.74) is 0.894. The molecule has 2 aliphatic heterocycles. The predicted molar refractivity (Wildman–Crippen MR) is 87.8 cm³/mol. The van der Waals surface area contributed by atoms with Crippen LogP contribution in [0.5, 0.6) is 0 Å². The topological polar surface area (TPSA) is 41.6 Å². The molecule has 3 rings (SSSR count). The zero-order valence-corrected chi connectivity index (χ0v) is 13.2. The first-order valence-electron chi connectivity index (χ1n) is 8.51. The van der Waals surface area contributed by atoms with Gasteiger partial charge >= 0.3 is 0 Å². The lowest BCUT2D eigenvalue weighted by molar-refractivity contribution is -0.121. The lowest BCUT2D eigenvalue weighted by Crippen LogP contribution is -2.42. The van der Waals surface area contributed by atoms with Gasteiger partial charge in [0.15, 0.2) is 0 Å². The highest BCUT2D eigenvalue weighted by atomic mass is 16.5. The van der Waals surface area contributed by atoms with E-state index in [4.69, 9.17) is 4.74 Å². The molecule has 2 saturated heterocycles. The number of piperidine rings is 1. The van der Waals surface area contributed by atoms with E-state index in [1.807, 2.05) is 30.3 Å². The molecule has 22 heavy (non-hydrogen) atoms. The fourth-order valence-corrected chi connectivity index (χ4v) is 3.38. The number of nitrogens with one attached hydrogen (secondary N) is 1. The lowest BCUT2D eigenvalue weighted by Gasteiger charge is -2.34. The molecule has 0 radical (unpaired) electrons. The molecule has 0 aromatic heterocycles. The van der Waals surface area contributed by atoms with Gasteiger partial charge in [-0.1, -0.05) is 18.2 Å². The standard InChI is InChI=1S/C18H26N2O2/c21-18(19-16-6-2-1-3-7-16)15-9-11-20(12-10-15)14-17-8-4-5-13-22-17/h1-3,6-7,15,17H,4-5,8-14H2,(H,19,21). The molecule has 1 aromatic carbocycles. The molecule has 120 valence electrons. The first-order chi connectivity index (χ1) is 10.8. The Morgan fingerprint density at radius 1 is 1.14 bits per heavy atom. The molecule has 2 heterocycles. The zero-order valence-electron chi connectivity index (χ0n) is 13.2. The maximum absolute atomic E-state index is 12.3. The maximum Gasteiger partial charge on any atom is 0.227 e. The van der Waals surface area contributed by atoms with Crippen molar-refractivity contribution in [2.75, 3.05) is 31.6 Å². The van der Waals surface area contributed by atoms with Crippen LogP contribution in [0.2, 0.25) is 0 Å². The van der Waals surface area contributed by atoms with Crippen LogP contribution in [0, 0.1) is 5.92 Å². The Hall–Kier alpha value is -1.39. The monoisotopic (exact) mass is 302 g/mol. The van der Waals surface area contributed by atoms with Crippen molar-refractivity contribution in [2.45, 2.75) is 38.2 Å². The average molecular weight is 302 g/mol. The molecule has 0 aliphatic carbocycles. The lowest BCUT2D eigenvalue weighted by atomic mass is 9.95. The van der Waals surface area contributed by atoms with E-state index in [-0.39, 0.29) is 11.8 Å². The quantitative estimate of drug-likeness (QED) is 0.930. The van der Waals surface area contributed by atoms with E-state index in [0.717, 1.165) is 44.8 Å². The SMILES string of the molecule is O=C(Nc1ccccc1)C1CCN(CC2CCCCO2)CC1. The van der Waals surface area contributed by atoms with Crippen molar-refractivity contribution in [1.82, 2.24) is 4.90 Å². The number of hydrogen-bond donors (Lipinski definition) is 1. The third-order valence-electron chi connectivity index (χ3n) is 4.74. The van der Waals surface area contributed by atoms with Gasteiger partial charge in [-0.3, -0.25) is 4.79 Å². The van der Waals surface area contributed by atoms with E-state index in [1.54, 1.807) is 0 Å². The van der Waals surface area contributed by atoms with Crippen LogP contribution in [0.4, 0.5) is 5.69 Å². The first-order valence-corrected chi connectivity index (χ1v) is 8.51. The third kappa shape index (κ3) is 4.31. The summed E-state index contributed by atoms with van der Waals surface area (Å²) in [6.07, 6.45) is 5.99. The van der Waals surface area contributed by atoms with Gasteiger partial charge in [0.2, 0.25) is 5.91 Å². The molecule has 1 aromatic rings. The van der Waals surface area contributed by atoms with Gasteiger partial charge in [-0.2, -0.15) is 0 Å². The van der Waals surface area contributed by atoms with Gasteiger partial charge in [-0.05, 0) is 57.3 Å². The number of amides is 1. The molecule has 1 unspecified atom stereocenters. The molecule has 4 heteroatoms. The minimum Gasteiger partial charge on any atom is -0.377 e. The number of rotatable bonds is 4. The Balaban J connectivity index is 1.42. The van der Waals surface area contributed by atoms with Gasteiger partial charge in [-0.25, -0.2) is 0 Å². The summed E-state index contributed by atoms with van der Waals surface area (Å²) >= 11 is 0. The molecule has 2 fully saturated rings. The number of anilines is 1. The number of carbonyl (C=O) groups is 1. The van der Waals surface area contributed by atoms with Crippen molar-refractivity contribution in [2.24, 2.45) is 5.92 Å². The van der Waals surface area contributed by atoms with E-state index < -0.39 is 0 Å². The van der Waals surface area contributed by atoms with Crippen LogP contribution in [0.3, 0.4) is 0 Å². The van der Waals surface area contributed by atoms with Crippen molar-refractivity contribution in [3.8, 4) is 0 Å². The Bertz CT molecular complexity index is 463. The molecule has 2 aliphatic rings. The predicted octanol–water partition coefficient (Wildman–Crippen LogP) is 2.91. The Kier molecular flexibility index (Phi) is 5.46. The highest BCUT2D eigenvalue weighted by molar-refractivity contribution is 5.92. The van der Waals surface area contributed by atoms with Gasteiger partial charge in [0.1, 0.15) is 0 Å². The molecule has 0 bridgehead atoms. The van der Waals surface area contributed by atoms with Crippen LogP contribution >= 0.6 is 0 Å². The van der Waals surface area contributed by atoms with Crippen molar-refractivity contribution in [3.63, 3.8) is 0 Å². The molecule has 1 amide bonds. The fourth-order valence-electron chi connectivity index (χ4n) is 3.38. The number of ether oxygens (including phenoxy) is 1. The summed E-state index contributed by atoms with van der Waals surface area (Å²) < 4.78 is 5.81. The second kappa shape index (κ2) is 7.75. The van der Waals surface area contributed by atoms with Crippen LogP contribution < -0.4 is 5.32 Å². The Labute approximate surface area is 132 Å². The largest absolute Gasteiger partial charge is 0.377 e. The highest BCUT2D eigenvalue weighted by Crippen LogP contribution is 2.21. The summed E-state index contributed by atoms with van der Waals surface area (Å²) in [6.45, 7) is 3.97. The van der Waals surface area contributed by atoms with Crippen molar-refractivity contribution in [1.29, 1.82) is 0 Å². The number of carbonyl (C=O) groups excluding carboxylic acids is 1. The van der Waals surface area contributed by atoms with Crippen LogP contribution in [0.25, 0.3) is 0 Å². The molecule has 0 spiro atoms. The second-order valence-electron chi connectivity index (χ2n) is 6.42. The summed E-state index contributed by atoms with van der Waals surface area (Å²) in [5, 5.41) is 3.03. The van der Waals surface area contributed by atoms with Crippen LogP contribution in [-0.2, 0) is 9.53 Å². The van der Waals surface area contributed by atoms with Gasteiger partial charge in [0.25, 0.3) is 0 Å². The normalized spacial score (nSPS) is 24.1.